The normalized spacial score (nSPS) is 15.5. The number of ether oxygens (including phenoxy) is 1. The summed E-state index contributed by atoms with van der Waals surface area (Å²) in [4.78, 5) is 42.6. The highest BCUT2D eigenvalue weighted by molar-refractivity contribution is 6.31. The quantitative estimate of drug-likeness (QED) is 0.449. The number of carbonyl (C=O) groups excluding carboxylic acids is 3. The van der Waals surface area contributed by atoms with Gasteiger partial charge in [-0.15, -0.1) is 0 Å². The number of anilines is 1. The van der Waals surface area contributed by atoms with E-state index in [0.29, 0.717) is 34.2 Å². The first-order valence-electron chi connectivity index (χ1n) is 11.1. The van der Waals surface area contributed by atoms with E-state index >= 15 is 0 Å². The number of aryl methyl sites for hydroxylation is 1. The van der Waals surface area contributed by atoms with Crippen molar-refractivity contribution in [3.63, 3.8) is 0 Å². The van der Waals surface area contributed by atoms with E-state index in [9.17, 15) is 14.4 Å². The monoisotopic (exact) mass is 476 g/mol. The van der Waals surface area contributed by atoms with E-state index in [4.69, 9.17) is 16.3 Å². The summed E-state index contributed by atoms with van der Waals surface area (Å²) in [5.41, 5.74) is 2.60. The third-order valence-corrected chi connectivity index (χ3v) is 6.13. The molecule has 174 valence electrons. The first kappa shape index (κ1) is 23.5. The Labute approximate surface area is 203 Å². The number of halogens is 1. The maximum Gasteiger partial charge on any atom is 0.257 e. The van der Waals surface area contributed by atoms with E-state index in [-0.39, 0.29) is 24.8 Å². The van der Waals surface area contributed by atoms with Crippen molar-refractivity contribution in [2.45, 2.75) is 32.9 Å². The van der Waals surface area contributed by atoms with Gasteiger partial charge in [-0.2, -0.15) is 0 Å². The fraction of sp³-hybridized carbons (Fsp3) is 0.222. The van der Waals surface area contributed by atoms with Crippen LogP contribution in [0.2, 0.25) is 5.02 Å². The molecule has 0 bridgehead atoms. The minimum absolute atomic E-state index is 0.103. The van der Waals surface area contributed by atoms with Crippen LogP contribution < -0.4 is 9.64 Å². The molecule has 0 aromatic heterocycles. The Morgan fingerprint density at radius 2 is 1.71 bits per heavy atom. The van der Waals surface area contributed by atoms with Gasteiger partial charge >= 0.3 is 0 Å². The fourth-order valence-electron chi connectivity index (χ4n) is 3.98. The minimum Gasteiger partial charge on any atom is -0.494 e. The number of imide groups is 1. The van der Waals surface area contributed by atoms with Gasteiger partial charge in [0.05, 0.1) is 18.7 Å². The number of hydrogen-bond donors (Lipinski definition) is 0. The van der Waals surface area contributed by atoms with Crippen molar-refractivity contribution in [3.05, 3.63) is 94.5 Å². The van der Waals surface area contributed by atoms with Crippen LogP contribution in [-0.4, -0.2) is 35.3 Å². The molecule has 4 rings (SSSR count). The second-order valence-corrected chi connectivity index (χ2v) is 8.51. The van der Waals surface area contributed by atoms with Crippen LogP contribution in [0.15, 0.2) is 72.8 Å². The Bertz CT molecular complexity index is 1210. The summed E-state index contributed by atoms with van der Waals surface area (Å²) in [7, 11) is 0. The van der Waals surface area contributed by atoms with Crippen molar-refractivity contribution in [1.29, 1.82) is 0 Å². The van der Waals surface area contributed by atoms with E-state index in [1.165, 1.54) is 4.90 Å². The molecule has 0 spiro atoms. The molecule has 1 fully saturated rings. The van der Waals surface area contributed by atoms with Crippen LogP contribution in [0, 0.1) is 6.92 Å². The number of rotatable bonds is 7. The molecule has 0 N–H and O–H groups in total. The molecule has 1 unspecified atom stereocenters. The molecular formula is C27H25ClN2O4. The van der Waals surface area contributed by atoms with Gasteiger partial charge in [0.1, 0.15) is 11.8 Å². The summed E-state index contributed by atoms with van der Waals surface area (Å²) in [6, 6.07) is 20.1. The molecule has 0 radical (unpaired) electrons. The van der Waals surface area contributed by atoms with E-state index in [1.807, 2.05) is 38.1 Å². The molecule has 1 heterocycles. The molecule has 1 atom stereocenters. The predicted octanol–water partition coefficient (Wildman–Crippen LogP) is 5.02. The van der Waals surface area contributed by atoms with E-state index in [0.717, 1.165) is 10.5 Å². The zero-order chi connectivity index (χ0) is 24.2. The smallest absolute Gasteiger partial charge is 0.257 e. The van der Waals surface area contributed by atoms with Crippen molar-refractivity contribution in [2.75, 3.05) is 11.5 Å². The Kier molecular flexibility index (Phi) is 6.98. The van der Waals surface area contributed by atoms with Crippen molar-refractivity contribution >= 4 is 35.0 Å². The lowest BCUT2D eigenvalue weighted by atomic mass is 10.1. The lowest BCUT2D eigenvalue weighted by Gasteiger charge is -2.28. The summed E-state index contributed by atoms with van der Waals surface area (Å²) >= 11 is 6.36. The lowest BCUT2D eigenvalue weighted by molar-refractivity contribution is -0.122. The summed E-state index contributed by atoms with van der Waals surface area (Å²) in [5.74, 6) is -0.488. The van der Waals surface area contributed by atoms with Gasteiger partial charge in [-0.3, -0.25) is 14.4 Å². The molecule has 3 amide bonds. The average molecular weight is 477 g/mol. The molecule has 3 aromatic carbocycles. The van der Waals surface area contributed by atoms with Gasteiger partial charge in [0, 0.05) is 17.1 Å². The second-order valence-electron chi connectivity index (χ2n) is 8.10. The predicted molar refractivity (Wildman–Crippen MR) is 131 cm³/mol. The van der Waals surface area contributed by atoms with Crippen LogP contribution >= 0.6 is 11.6 Å². The largest absolute Gasteiger partial charge is 0.494 e. The molecule has 1 aliphatic rings. The topological polar surface area (TPSA) is 66.9 Å². The van der Waals surface area contributed by atoms with Crippen LogP contribution in [-0.2, 0) is 16.1 Å². The molecular weight excluding hydrogens is 452 g/mol. The third-order valence-electron chi connectivity index (χ3n) is 5.76. The van der Waals surface area contributed by atoms with Crippen LogP contribution in [0.4, 0.5) is 5.69 Å². The van der Waals surface area contributed by atoms with Crippen LogP contribution in [0.25, 0.3) is 0 Å². The molecule has 6 nitrogen and oxygen atoms in total. The van der Waals surface area contributed by atoms with E-state index in [1.54, 1.807) is 48.5 Å². The number of carbonyl (C=O) groups is 3. The van der Waals surface area contributed by atoms with Crippen molar-refractivity contribution in [2.24, 2.45) is 0 Å². The Balaban J connectivity index is 1.67. The average Bonchev–Trinajstić information content (AvgIpc) is 3.13. The summed E-state index contributed by atoms with van der Waals surface area (Å²) in [5, 5.41) is 0.490. The molecule has 1 saturated heterocycles. The maximum atomic E-state index is 13.6. The molecule has 7 heteroatoms. The van der Waals surface area contributed by atoms with Crippen LogP contribution in [0.3, 0.4) is 0 Å². The minimum atomic E-state index is -0.941. The van der Waals surface area contributed by atoms with E-state index in [2.05, 4.69) is 0 Å². The number of nitrogens with zero attached hydrogens (tertiary/aromatic N) is 2. The lowest BCUT2D eigenvalue weighted by Crippen LogP contribution is -2.45. The highest BCUT2D eigenvalue weighted by Crippen LogP contribution is 2.30. The Morgan fingerprint density at radius 1 is 1.03 bits per heavy atom. The summed E-state index contributed by atoms with van der Waals surface area (Å²) < 4.78 is 5.45. The number of benzene rings is 3. The SMILES string of the molecule is CCOc1ccc(N2C(=O)CC(N(Cc3ccccc3Cl)C(=O)c3ccc(C)cc3)C2=O)cc1. The van der Waals surface area contributed by atoms with Gasteiger partial charge in [-0.25, -0.2) is 4.90 Å². The first-order chi connectivity index (χ1) is 16.4. The summed E-state index contributed by atoms with van der Waals surface area (Å²) in [6.45, 7) is 4.43. The Morgan fingerprint density at radius 3 is 2.35 bits per heavy atom. The molecule has 0 saturated carbocycles. The summed E-state index contributed by atoms with van der Waals surface area (Å²) in [6.07, 6.45) is -0.103. The van der Waals surface area contributed by atoms with Gasteiger partial charge in [0.25, 0.3) is 11.8 Å². The molecule has 1 aliphatic heterocycles. The van der Waals surface area contributed by atoms with Gasteiger partial charge in [-0.1, -0.05) is 47.5 Å². The van der Waals surface area contributed by atoms with E-state index < -0.39 is 11.9 Å². The van der Waals surface area contributed by atoms with Crippen molar-refractivity contribution < 1.29 is 19.1 Å². The van der Waals surface area contributed by atoms with Gasteiger partial charge in [0.2, 0.25) is 5.91 Å². The highest BCUT2D eigenvalue weighted by Gasteiger charge is 2.44. The fourth-order valence-corrected chi connectivity index (χ4v) is 4.18. The van der Waals surface area contributed by atoms with Crippen molar-refractivity contribution in [3.8, 4) is 5.75 Å². The van der Waals surface area contributed by atoms with Crippen molar-refractivity contribution in [1.82, 2.24) is 4.90 Å². The molecule has 0 aliphatic carbocycles. The Hall–Kier alpha value is -3.64. The maximum absolute atomic E-state index is 13.6. The zero-order valence-corrected chi connectivity index (χ0v) is 19.8. The number of amides is 3. The second kappa shape index (κ2) is 10.1. The van der Waals surface area contributed by atoms with Gasteiger partial charge in [-0.05, 0) is 61.9 Å². The third kappa shape index (κ3) is 4.82. The van der Waals surface area contributed by atoms with Crippen LogP contribution in [0.5, 0.6) is 5.75 Å². The molecule has 3 aromatic rings. The molecule has 34 heavy (non-hydrogen) atoms. The van der Waals surface area contributed by atoms with Gasteiger partial charge in [0.15, 0.2) is 0 Å². The van der Waals surface area contributed by atoms with Gasteiger partial charge < -0.3 is 9.64 Å². The number of hydrogen-bond acceptors (Lipinski definition) is 4. The standard InChI is InChI=1S/C27H25ClN2O4/c1-3-34-22-14-12-21(13-15-22)30-25(31)16-24(27(30)33)29(17-20-6-4-5-7-23(20)28)26(32)19-10-8-18(2)9-11-19/h4-15,24H,3,16-17H2,1-2H3. The first-order valence-corrected chi connectivity index (χ1v) is 11.5. The zero-order valence-electron chi connectivity index (χ0n) is 19.0. The highest BCUT2D eigenvalue weighted by atomic mass is 35.5. The van der Waals surface area contributed by atoms with Crippen LogP contribution in [0.1, 0.15) is 34.8 Å².